The molecule has 1 aliphatic carbocycles. The summed E-state index contributed by atoms with van der Waals surface area (Å²) in [6.07, 6.45) is 0.947. The average molecular weight is 316 g/mol. The quantitative estimate of drug-likeness (QED) is 0.784. The van der Waals surface area contributed by atoms with Gasteiger partial charge in [-0.1, -0.05) is 0 Å². The van der Waals surface area contributed by atoms with Gasteiger partial charge in [0.2, 0.25) is 5.78 Å². The van der Waals surface area contributed by atoms with Crippen molar-refractivity contribution >= 4 is 17.3 Å². The van der Waals surface area contributed by atoms with E-state index >= 15 is 0 Å². The maximum atomic E-state index is 12.2. The van der Waals surface area contributed by atoms with Gasteiger partial charge in [0.05, 0.1) is 13.5 Å². The highest BCUT2D eigenvalue weighted by Crippen LogP contribution is 2.39. The lowest BCUT2D eigenvalue weighted by Crippen LogP contribution is -2.33. The lowest BCUT2D eigenvalue weighted by molar-refractivity contribution is -0.117. The van der Waals surface area contributed by atoms with E-state index in [1.165, 1.54) is 13.2 Å². The van der Waals surface area contributed by atoms with Gasteiger partial charge < -0.3 is 19.7 Å². The second kappa shape index (κ2) is 5.28. The number of phenolic OH excluding ortho intramolecular Hbond substituents is 2. The molecule has 118 valence electrons. The number of allylic oxidation sites excluding steroid dienone is 2. The molecule has 23 heavy (non-hydrogen) atoms. The number of carbonyl (C=O) groups is 3. The number of aromatic hydroxyl groups is 2. The Kier molecular flexibility index (Phi) is 3.40. The van der Waals surface area contributed by atoms with Crippen molar-refractivity contribution in [1.29, 1.82) is 0 Å². The fourth-order valence-corrected chi connectivity index (χ4v) is 2.57. The zero-order valence-corrected chi connectivity index (χ0v) is 12.0. The van der Waals surface area contributed by atoms with Crippen molar-refractivity contribution in [3.63, 3.8) is 0 Å². The van der Waals surface area contributed by atoms with Gasteiger partial charge in [0.15, 0.2) is 17.3 Å². The zero-order chi connectivity index (χ0) is 16.7. The highest BCUT2D eigenvalue weighted by molar-refractivity contribution is 6.20. The summed E-state index contributed by atoms with van der Waals surface area (Å²) < 4.78 is 10.3. The number of benzene rings is 1. The van der Waals surface area contributed by atoms with Crippen molar-refractivity contribution in [3.8, 4) is 17.2 Å². The summed E-state index contributed by atoms with van der Waals surface area (Å²) in [7, 11) is 1.28. The molecule has 0 fully saturated rings. The van der Waals surface area contributed by atoms with Gasteiger partial charge in [-0.2, -0.15) is 0 Å². The van der Waals surface area contributed by atoms with Crippen LogP contribution in [0.15, 0.2) is 35.6 Å². The van der Waals surface area contributed by atoms with Crippen LogP contribution >= 0.6 is 0 Å². The topological polar surface area (TPSA) is 110 Å². The lowest BCUT2D eigenvalue weighted by Gasteiger charge is -2.27. The first-order chi connectivity index (χ1) is 10.9. The van der Waals surface area contributed by atoms with Crippen LogP contribution in [0, 0.1) is 0 Å². The summed E-state index contributed by atoms with van der Waals surface area (Å²) in [5.74, 6) is -2.24. The van der Waals surface area contributed by atoms with Gasteiger partial charge in [0.25, 0.3) is 0 Å². The molecule has 1 heterocycles. The molecule has 0 bridgehead atoms. The first-order valence-corrected chi connectivity index (χ1v) is 6.72. The van der Waals surface area contributed by atoms with E-state index in [9.17, 15) is 24.6 Å². The van der Waals surface area contributed by atoms with Crippen LogP contribution in [0.1, 0.15) is 16.8 Å². The molecule has 7 nitrogen and oxygen atoms in total. The van der Waals surface area contributed by atoms with E-state index in [-0.39, 0.29) is 34.8 Å². The maximum Gasteiger partial charge on any atom is 0.221 e. The SMILES string of the molecule is COC1=CC(=O)C([C@@H]2CC(=O)c3c(O)cc(O)cc3O2)=CC1=O. The molecule has 2 aliphatic rings. The van der Waals surface area contributed by atoms with Crippen LogP contribution in [0.4, 0.5) is 0 Å². The smallest absolute Gasteiger partial charge is 0.221 e. The Labute approximate surface area is 130 Å². The first kappa shape index (κ1) is 14.8. The van der Waals surface area contributed by atoms with E-state index < -0.39 is 29.2 Å². The Morgan fingerprint density at radius 2 is 1.87 bits per heavy atom. The third kappa shape index (κ3) is 2.46. The minimum absolute atomic E-state index is 0.0256. The third-order valence-electron chi connectivity index (χ3n) is 3.63. The van der Waals surface area contributed by atoms with Crippen molar-refractivity contribution in [2.24, 2.45) is 0 Å². The van der Waals surface area contributed by atoms with Crippen molar-refractivity contribution in [2.75, 3.05) is 7.11 Å². The summed E-state index contributed by atoms with van der Waals surface area (Å²) in [4.78, 5) is 36.1. The predicted molar refractivity (Wildman–Crippen MR) is 76.3 cm³/mol. The maximum absolute atomic E-state index is 12.2. The number of phenols is 2. The van der Waals surface area contributed by atoms with Crippen molar-refractivity contribution < 1.29 is 34.1 Å². The molecule has 3 rings (SSSR count). The van der Waals surface area contributed by atoms with E-state index in [1.807, 2.05) is 0 Å². The molecule has 0 spiro atoms. The van der Waals surface area contributed by atoms with Crippen molar-refractivity contribution in [3.05, 3.63) is 41.2 Å². The number of ketones is 3. The van der Waals surface area contributed by atoms with Gasteiger partial charge in [-0.3, -0.25) is 14.4 Å². The second-order valence-electron chi connectivity index (χ2n) is 5.11. The Balaban J connectivity index is 1.97. The van der Waals surface area contributed by atoms with Crippen molar-refractivity contribution in [1.82, 2.24) is 0 Å². The Bertz CT molecular complexity index is 801. The molecular formula is C16H12O7. The van der Waals surface area contributed by atoms with E-state index in [1.54, 1.807) is 0 Å². The molecule has 1 aromatic rings. The van der Waals surface area contributed by atoms with E-state index in [0.29, 0.717) is 0 Å². The van der Waals surface area contributed by atoms with Gasteiger partial charge in [-0.25, -0.2) is 0 Å². The Hall–Kier alpha value is -3.09. The van der Waals surface area contributed by atoms with Crippen LogP contribution in [0.5, 0.6) is 17.2 Å². The monoisotopic (exact) mass is 316 g/mol. The Morgan fingerprint density at radius 1 is 1.13 bits per heavy atom. The largest absolute Gasteiger partial charge is 0.508 e. The fraction of sp³-hybridized carbons (Fsp3) is 0.188. The molecule has 2 N–H and O–H groups in total. The minimum atomic E-state index is -0.970. The molecule has 1 atom stereocenters. The highest BCUT2D eigenvalue weighted by atomic mass is 16.5. The van der Waals surface area contributed by atoms with Gasteiger partial charge in [0, 0.05) is 29.9 Å². The number of Topliss-reactive ketones (excluding diaryl/α,β-unsaturated/α-hetero) is 1. The predicted octanol–water partition coefficient (Wildman–Crippen LogP) is 1.04. The zero-order valence-electron chi connectivity index (χ0n) is 12.0. The Morgan fingerprint density at radius 3 is 2.57 bits per heavy atom. The van der Waals surface area contributed by atoms with E-state index in [2.05, 4.69) is 0 Å². The molecule has 0 radical (unpaired) electrons. The molecule has 0 aromatic heterocycles. The third-order valence-corrected chi connectivity index (χ3v) is 3.63. The van der Waals surface area contributed by atoms with Gasteiger partial charge in [0.1, 0.15) is 28.9 Å². The van der Waals surface area contributed by atoms with E-state index in [4.69, 9.17) is 9.47 Å². The van der Waals surface area contributed by atoms with Crippen LogP contribution < -0.4 is 4.74 Å². The standard InChI is InChI=1S/C16H12O7/c1-22-14-5-9(18)8(4-10(14)19)13-6-12(21)16-11(20)2-7(17)3-15(16)23-13/h2-5,13,17,20H,6H2,1H3/t13-/m0/s1. The average Bonchev–Trinajstić information content (AvgIpc) is 2.47. The molecular weight excluding hydrogens is 304 g/mol. The molecule has 0 amide bonds. The van der Waals surface area contributed by atoms with E-state index in [0.717, 1.165) is 18.2 Å². The molecule has 1 aliphatic heterocycles. The summed E-state index contributed by atoms with van der Waals surface area (Å²) in [6, 6.07) is 2.20. The number of rotatable bonds is 2. The number of carbonyl (C=O) groups excluding carboxylic acids is 3. The number of ether oxygens (including phenoxy) is 2. The highest BCUT2D eigenvalue weighted by Gasteiger charge is 2.35. The van der Waals surface area contributed by atoms with Crippen LogP contribution in [-0.4, -0.2) is 40.8 Å². The molecule has 0 unspecified atom stereocenters. The number of methoxy groups -OCH3 is 1. The minimum Gasteiger partial charge on any atom is -0.508 e. The summed E-state index contributed by atoms with van der Waals surface area (Å²) in [5, 5.41) is 19.2. The lowest BCUT2D eigenvalue weighted by atomic mass is 9.90. The van der Waals surface area contributed by atoms with Crippen LogP contribution in [0.25, 0.3) is 0 Å². The second-order valence-corrected chi connectivity index (χ2v) is 5.11. The molecule has 0 saturated heterocycles. The molecule has 7 heteroatoms. The van der Waals surface area contributed by atoms with Gasteiger partial charge >= 0.3 is 0 Å². The van der Waals surface area contributed by atoms with Crippen LogP contribution in [0.3, 0.4) is 0 Å². The number of fused-ring (bicyclic) bond motifs is 1. The molecule has 0 saturated carbocycles. The van der Waals surface area contributed by atoms with Gasteiger partial charge in [-0.15, -0.1) is 0 Å². The van der Waals surface area contributed by atoms with Gasteiger partial charge in [-0.05, 0) is 0 Å². The summed E-state index contributed by atoms with van der Waals surface area (Å²) in [6.45, 7) is 0. The number of hydrogen-bond donors (Lipinski definition) is 2. The van der Waals surface area contributed by atoms with Crippen molar-refractivity contribution in [2.45, 2.75) is 12.5 Å². The normalized spacial score (nSPS) is 20.4. The summed E-state index contributed by atoms with van der Waals surface area (Å²) >= 11 is 0. The fourth-order valence-electron chi connectivity index (χ4n) is 2.57. The molecule has 1 aromatic carbocycles. The van der Waals surface area contributed by atoms with Crippen LogP contribution in [-0.2, 0) is 14.3 Å². The van der Waals surface area contributed by atoms with Crippen LogP contribution in [0.2, 0.25) is 0 Å². The number of hydrogen-bond acceptors (Lipinski definition) is 7. The first-order valence-electron chi connectivity index (χ1n) is 6.72. The summed E-state index contributed by atoms with van der Waals surface area (Å²) in [5.41, 5.74) is -0.0278.